The summed E-state index contributed by atoms with van der Waals surface area (Å²) >= 11 is 12.3. The summed E-state index contributed by atoms with van der Waals surface area (Å²) in [5.74, 6) is -0.759. The van der Waals surface area contributed by atoms with Crippen molar-refractivity contribution in [2.75, 3.05) is 6.61 Å². The number of rotatable bonds is 8. The lowest BCUT2D eigenvalue weighted by atomic mass is 9.95. The average molecular weight is 849 g/mol. The zero-order chi connectivity index (χ0) is 33.3. The Morgan fingerprint density at radius 1 is 1.20 bits per heavy atom. The van der Waals surface area contributed by atoms with Gasteiger partial charge < -0.3 is 9.47 Å². The molecule has 5 rings (SSSR count). The molecule has 1 aliphatic heterocycles. The van der Waals surface area contributed by atoms with Crippen molar-refractivity contribution >= 4 is 79.2 Å². The van der Waals surface area contributed by atoms with Crippen LogP contribution in [0.1, 0.15) is 29.7 Å². The Hall–Kier alpha value is -3.54. The summed E-state index contributed by atoms with van der Waals surface area (Å²) in [4.78, 5) is 40.7. The first kappa shape index (κ1) is 33.8. The fourth-order valence-corrected chi connectivity index (χ4v) is 7.52. The van der Waals surface area contributed by atoms with Crippen molar-refractivity contribution < 1.29 is 32.4 Å². The van der Waals surface area contributed by atoms with Crippen molar-refractivity contribution in [3.63, 3.8) is 0 Å². The van der Waals surface area contributed by atoms with Crippen LogP contribution in [-0.4, -0.2) is 28.2 Å². The average Bonchev–Trinajstić information content (AvgIpc) is 3.30. The zero-order valence-electron chi connectivity index (χ0n) is 23.3. The van der Waals surface area contributed by atoms with Crippen molar-refractivity contribution in [3.8, 4) is 5.75 Å². The number of carbonyl (C=O) groups is 1. The quantitative estimate of drug-likeness (QED) is 0.0831. The second kappa shape index (κ2) is 13.7. The van der Waals surface area contributed by atoms with Crippen LogP contribution in [0, 0.1) is 13.7 Å². The van der Waals surface area contributed by atoms with E-state index in [-0.39, 0.29) is 33.8 Å². The van der Waals surface area contributed by atoms with Gasteiger partial charge in [0, 0.05) is 17.2 Å². The Morgan fingerprint density at radius 2 is 1.87 bits per heavy atom. The van der Waals surface area contributed by atoms with Gasteiger partial charge in [0.1, 0.15) is 12.4 Å². The number of allylic oxidation sites excluding steroid dienone is 1. The fraction of sp³-hybridized carbons (Fsp3) is 0.167. The third kappa shape index (κ3) is 7.06. The molecule has 0 unspecified atom stereocenters. The monoisotopic (exact) mass is 847 g/mol. The lowest BCUT2D eigenvalue weighted by Crippen LogP contribution is -2.41. The van der Waals surface area contributed by atoms with Gasteiger partial charge in [-0.05, 0) is 105 Å². The second-order valence-electron chi connectivity index (χ2n) is 9.64. The van der Waals surface area contributed by atoms with Crippen molar-refractivity contribution in [3.05, 3.63) is 131 Å². The normalized spacial score (nSPS) is 14.9. The van der Waals surface area contributed by atoms with Crippen molar-refractivity contribution in [2.45, 2.75) is 25.7 Å². The minimum atomic E-state index is -5.02. The van der Waals surface area contributed by atoms with Crippen LogP contribution in [0.4, 0.5) is 18.9 Å². The molecule has 1 aromatic heterocycles. The van der Waals surface area contributed by atoms with Gasteiger partial charge in [0.05, 0.1) is 35.7 Å². The van der Waals surface area contributed by atoms with Crippen LogP contribution in [0.15, 0.2) is 86.2 Å². The summed E-state index contributed by atoms with van der Waals surface area (Å²) in [6, 6.07) is 13.6. The summed E-state index contributed by atoms with van der Waals surface area (Å²) in [7, 11) is 0. The molecule has 46 heavy (non-hydrogen) atoms. The molecule has 2 heterocycles. The van der Waals surface area contributed by atoms with Gasteiger partial charge in [0.15, 0.2) is 10.5 Å². The topological polar surface area (TPSA) is 113 Å². The third-order valence-corrected chi connectivity index (χ3v) is 9.25. The number of aromatic nitrogens is 1. The molecule has 9 nitrogen and oxygen atoms in total. The number of fused-ring (bicyclic) bond motifs is 1. The molecule has 0 saturated carbocycles. The number of alkyl halides is 3. The van der Waals surface area contributed by atoms with Crippen LogP contribution in [0.3, 0.4) is 0 Å². The van der Waals surface area contributed by atoms with E-state index in [9.17, 15) is 32.9 Å². The summed E-state index contributed by atoms with van der Waals surface area (Å²) < 4.78 is 56.2. The number of halogens is 6. The first-order valence-electron chi connectivity index (χ1n) is 13.2. The Bertz CT molecular complexity index is 2040. The van der Waals surface area contributed by atoms with Crippen molar-refractivity contribution in [1.29, 1.82) is 0 Å². The summed E-state index contributed by atoms with van der Waals surface area (Å²) in [6.07, 6.45) is -3.51. The van der Waals surface area contributed by atoms with E-state index >= 15 is 0 Å². The second-order valence-corrected chi connectivity index (χ2v) is 13.1. The van der Waals surface area contributed by atoms with Gasteiger partial charge in [0.2, 0.25) is 0 Å². The molecule has 1 atom stereocenters. The van der Waals surface area contributed by atoms with Crippen molar-refractivity contribution in [1.82, 2.24) is 4.57 Å². The molecule has 0 saturated heterocycles. The van der Waals surface area contributed by atoms with Crippen LogP contribution in [0.2, 0.25) is 5.02 Å². The van der Waals surface area contributed by atoms with E-state index in [0.717, 1.165) is 15.9 Å². The molecule has 4 aromatic rings. The van der Waals surface area contributed by atoms with E-state index in [4.69, 9.17) is 21.1 Å². The van der Waals surface area contributed by atoms with Gasteiger partial charge in [-0.15, -0.1) is 0 Å². The van der Waals surface area contributed by atoms with Gasteiger partial charge in [-0.3, -0.25) is 19.5 Å². The number of hydrogen-bond donors (Lipinski definition) is 0. The molecule has 3 aromatic carbocycles. The van der Waals surface area contributed by atoms with E-state index in [1.807, 2.05) is 22.6 Å². The van der Waals surface area contributed by atoms with Gasteiger partial charge >= 0.3 is 12.1 Å². The number of nitrogens with zero attached hydrogens (tertiary/aromatic N) is 3. The Labute approximate surface area is 289 Å². The van der Waals surface area contributed by atoms with Crippen LogP contribution >= 0.6 is 61.5 Å². The molecule has 0 spiro atoms. The molecule has 0 N–H and O–H groups in total. The number of hydrogen-bond acceptors (Lipinski definition) is 8. The van der Waals surface area contributed by atoms with Gasteiger partial charge in [-0.2, -0.15) is 13.2 Å². The molecular weight excluding hydrogens is 830 g/mol. The van der Waals surface area contributed by atoms with E-state index in [0.29, 0.717) is 29.9 Å². The fourth-order valence-electron chi connectivity index (χ4n) is 4.62. The summed E-state index contributed by atoms with van der Waals surface area (Å²) in [6.45, 7) is 1.40. The lowest BCUT2D eigenvalue weighted by Gasteiger charge is -2.26. The SMILES string of the molecule is CCOC(=O)C1=C(C(F)(F)F)N=c2s/c(=C\c3cc(Br)c(OCc4ccc([N+](=O)[O-])cc4)c(I)c3)c(=O)n2[C@@H]1c1ccc(Cl)cc1. The maximum absolute atomic E-state index is 14.3. The number of benzene rings is 3. The number of ether oxygens (including phenoxy) is 2. The highest BCUT2D eigenvalue weighted by Crippen LogP contribution is 2.39. The highest BCUT2D eigenvalue weighted by Gasteiger charge is 2.45. The largest absolute Gasteiger partial charge is 0.487 e. The van der Waals surface area contributed by atoms with Crippen molar-refractivity contribution in [2.24, 2.45) is 4.99 Å². The highest BCUT2D eigenvalue weighted by molar-refractivity contribution is 14.1. The van der Waals surface area contributed by atoms with Gasteiger partial charge in [-0.25, -0.2) is 9.79 Å². The number of non-ortho nitro benzene ring substituents is 1. The third-order valence-electron chi connectivity index (χ3n) is 6.63. The van der Waals surface area contributed by atoms with E-state index < -0.39 is 39.9 Å². The smallest absolute Gasteiger partial charge is 0.434 e. The molecule has 238 valence electrons. The van der Waals surface area contributed by atoms with Crippen LogP contribution in [-0.2, 0) is 16.1 Å². The maximum atomic E-state index is 14.3. The molecule has 0 fully saturated rings. The predicted molar refractivity (Wildman–Crippen MR) is 177 cm³/mol. The van der Waals surface area contributed by atoms with Gasteiger partial charge in [-0.1, -0.05) is 35.1 Å². The van der Waals surface area contributed by atoms with Crippen LogP contribution in [0.5, 0.6) is 5.75 Å². The molecule has 0 bridgehead atoms. The lowest BCUT2D eigenvalue weighted by molar-refractivity contribution is -0.384. The van der Waals surface area contributed by atoms with E-state index in [1.165, 1.54) is 49.4 Å². The molecule has 0 amide bonds. The zero-order valence-corrected chi connectivity index (χ0v) is 28.6. The number of thiazole rings is 1. The Kier molecular flexibility index (Phi) is 10.0. The number of carbonyl (C=O) groups excluding carboxylic acids is 1. The number of nitro groups is 1. The molecule has 0 aliphatic carbocycles. The highest BCUT2D eigenvalue weighted by atomic mass is 127. The van der Waals surface area contributed by atoms with Gasteiger partial charge in [0.25, 0.3) is 11.2 Å². The van der Waals surface area contributed by atoms with E-state index in [2.05, 4.69) is 20.9 Å². The molecule has 1 aliphatic rings. The minimum Gasteiger partial charge on any atom is -0.487 e. The summed E-state index contributed by atoms with van der Waals surface area (Å²) in [5.41, 5.74) is -1.49. The minimum absolute atomic E-state index is 0.0413. The van der Waals surface area contributed by atoms with E-state index in [1.54, 1.807) is 24.3 Å². The Balaban J connectivity index is 1.57. The molecule has 16 heteroatoms. The molecule has 0 radical (unpaired) electrons. The Morgan fingerprint density at radius 3 is 2.46 bits per heavy atom. The standard InChI is InChI=1S/C30H19BrClF3IN3O6S/c1-2-44-28(41)23-24(17-5-7-18(32)8-6-17)38-27(40)22(46-29(38)37-26(23)30(33,34)35)13-16-11-20(31)25(21(36)12-16)45-14-15-3-9-19(10-4-15)39(42)43/h3-13,24H,2,14H2,1H3/b22-13-/t24-/m1/s1. The predicted octanol–water partition coefficient (Wildman–Crippen LogP) is 6.85. The number of esters is 1. The van der Waals surface area contributed by atoms with Crippen LogP contribution in [0.25, 0.3) is 6.08 Å². The first-order valence-corrected chi connectivity index (χ1v) is 16.3. The number of nitro benzene ring substituents is 1. The summed E-state index contributed by atoms with van der Waals surface area (Å²) in [5, 5.41) is 11.2. The molecular formula is C30H19BrClF3IN3O6S. The first-order chi connectivity index (χ1) is 21.8. The maximum Gasteiger partial charge on any atom is 0.434 e. The van der Waals surface area contributed by atoms with Crippen LogP contribution < -0.4 is 19.6 Å².